The smallest absolute Gasteiger partial charge is 0.193 e. The van der Waals surface area contributed by atoms with Gasteiger partial charge in [-0.05, 0) is 22.1 Å². The molecule has 0 fully saturated rings. The Morgan fingerprint density at radius 2 is 1.22 bits per heavy atom. The van der Waals surface area contributed by atoms with E-state index in [4.69, 9.17) is 0 Å². The standard InChI is InChI=1S/C22H16N/c1-23-19-14-8-7-13-18(19)21-17-12-6-5-11-16(17)20(22(21)23)15-9-3-2-4-10-15/h2-14H,1H3/q+1. The molecule has 3 aromatic carbocycles. The number of para-hydroxylation sites is 1. The van der Waals surface area contributed by atoms with E-state index in [0.717, 1.165) is 0 Å². The molecule has 23 heavy (non-hydrogen) atoms. The highest BCUT2D eigenvalue weighted by molar-refractivity contribution is 6.46. The molecule has 1 heteroatoms. The van der Waals surface area contributed by atoms with Gasteiger partial charge in [-0.15, -0.1) is 0 Å². The van der Waals surface area contributed by atoms with E-state index in [0.29, 0.717) is 0 Å². The molecular formula is C22H16N+. The molecule has 1 aliphatic carbocycles. The Morgan fingerprint density at radius 3 is 2.00 bits per heavy atom. The van der Waals surface area contributed by atoms with Gasteiger partial charge >= 0.3 is 0 Å². The van der Waals surface area contributed by atoms with Crippen LogP contribution in [0, 0.1) is 0 Å². The first-order chi connectivity index (χ1) is 11.4. The van der Waals surface area contributed by atoms with E-state index in [2.05, 4.69) is 90.5 Å². The lowest BCUT2D eigenvalue weighted by Gasteiger charge is -2.03. The molecule has 5 rings (SSSR count). The molecule has 0 unspecified atom stereocenters. The minimum atomic E-state index is 1.28. The fourth-order valence-electron chi connectivity index (χ4n) is 3.90. The van der Waals surface area contributed by atoms with Crippen LogP contribution >= 0.6 is 0 Å². The van der Waals surface area contributed by atoms with Crippen molar-refractivity contribution < 1.29 is 4.58 Å². The van der Waals surface area contributed by atoms with Crippen molar-refractivity contribution in [2.45, 2.75) is 0 Å². The lowest BCUT2D eigenvalue weighted by Crippen LogP contribution is -2.24. The maximum absolute atomic E-state index is 2.34. The SMILES string of the molecule is C[N+]1=C2C(c3ccccc3)=c3ccccc3=C2c2ccccc21. The zero-order chi connectivity index (χ0) is 15.4. The molecule has 0 aromatic heterocycles. The highest BCUT2D eigenvalue weighted by Gasteiger charge is 2.38. The quantitative estimate of drug-likeness (QED) is 0.607. The van der Waals surface area contributed by atoms with Gasteiger partial charge < -0.3 is 0 Å². The third-order valence-electron chi connectivity index (χ3n) is 4.87. The van der Waals surface area contributed by atoms with Crippen molar-refractivity contribution >= 4 is 22.5 Å². The summed E-state index contributed by atoms with van der Waals surface area (Å²) in [5, 5.41) is 2.68. The van der Waals surface area contributed by atoms with Gasteiger partial charge in [-0.2, -0.15) is 4.58 Å². The summed E-state index contributed by atoms with van der Waals surface area (Å²) >= 11 is 0. The van der Waals surface area contributed by atoms with Gasteiger partial charge in [-0.25, -0.2) is 0 Å². The van der Waals surface area contributed by atoms with Gasteiger partial charge in [0.15, 0.2) is 0 Å². The Hall–Kier alpha value is -2.93. The normalized spacial score (nSPS) is 14.8. The Balaban J connectivity index is 1.99. The lowest BCUT2D eigenvalue weighted by atomic mass is 9.97. The minimum Gasteiger partial charge on any atom is -0.193 e. The molecule has 1 nitrogen and oxygen atoms in total. The second-order valence-corrected chi connectivity index (χ2v) is 6.09. The number of fused-ring (bicyclic) bond motifs is 4. The molecular weight excluding hydrogens is 278 g/mol. The van der Waals surface area contributed by atoms with E-state index >= 15 is 0 Å². The fraction of sp³-hybridized carbons (Fsp3) is 0.0455. The van der Waals surface area contributed by atoms with Crippen LogP contribution < -0.4 is 10.4 Å². The monoisotopic (exact) mass is 294 g/mol. The first kappa shape index (κ1) is 12.6. The van der Waals surface area contributed by atoms with Crippen LogP contribution in [0.4, 0.5) is 5.69 Å². The van der Waals surface area contributed by atoms with E-state index in [-0.39, 0.29) is 0 Å². The average molecular weight is 294 g/mol. The maximum Gasteiger partial charge on any atom is 0.222 e. The fourth-order valence-corrected chi connectivity index (χ4v) is 3.90. The third-order valence-corrected chi connectivity index (χ3v) is 4.87. The van der Waals surface area contributed by atoms with Gasteiger partial charge in [-0.3, -0.25) is 0 Å². The van der Waals surface area contributed by atoms with Crippen molar-refractivity contribution in [2.75, 3.05) is 7.05 Å². The summed E-state index contributed by atoms with van der Waals surface area (Å²) in [5.41, 5.74) is 7.96. The van der Waals surface area contributed by atoms with Crippen LogP contribution in [0.15, 0.2) is 78.9 Å². The summed E-state index contributed by atoms with van der Waals surface area (Å²) < 4.78 is 2.34. The van der Waals surface area contributed by atoms with Crippen molar-refractivity contribution in [1.29, 1.82) is 0 Å². The summed E-state index contributed by atoms with van der Waals surface area (Å²) in [4.78, 5) is 0. The predicted octanol–water partition coefficient (Wildman–Crippen LogP) is 2.83. The van der Waals surface area contributed by atoms with E-state index in [1.807, 2.05) is 0 Å². The van der Waals surface area contributed by atoms with Crippen LogP contribution in [0.3, 0.4) is 0 Å². The first-order valence-electron chi connectivity index (χ1n) is 7.96. The summed E-state index contributed by atoms with van der Waals surface area (Å²) in [5.74, 6) is 0. The summed E-state index contributed by atoms with van der Waals surface area (Å²) in [6.07, 6.45) is 0. The summed E-state index contributed by atoms with van der Waals surface area (Å²) in [6.45, 7) is 0. The topological polar surface area (TPSA) is 3.01 Å². The zero-order valence-corrected chi connectivity index (χ0v) is 13.0. The van der Waals surface area contributed by atoms with Crippen molar-refractivity contribution in [3.8, 4) is 0 Å². The average Bonchev–Trinajstić information content (AvgIpc) is 3.10. The van der Waals surface area contributed by atoms with Crippen LogP contribution in [-0.2, 0) is 0 Å². The molecule has 0 bridgehead atoms. The van der Waals surface area contributed by atoms with Gasteiger partial charge in [-0.1, -0.05) is 66.7 Å². The van der Waals surface area contributed by atoms with Crippen LogP contribution in [0.5, 0.6) is 0 Å². The second kappa shape index (κ2) is 4.53. The highest BCUT2D eigenvalue weighted by atomic mass is 15.0. The van der Waals surface area contributed by atoms with E-state index in [9.17, 15) is 0 Å². The van der Waals surface area contributed by atoms with Crippen LogP contribution in [-0.4, -0.2) is 17.3 Å². The Kier molecular flexibility index (Phi) is 2.48. The number of rotatable bonds is 1. The molecule has 2 aliphatic rings. The number of hydrogen-bond acceptors (Lipinski definition) is 0. The van der Waals surface area contributed by atoms with Crippen molar-refractivity contribution in [2.24, 2.45) is 0 Å². The molecule has 1 heterocycles. The van der Waals surface area contributed by atoms with Gasteiger partial charge in [0.2, 0.25) is 11.4 Å². The second-order valence-electron chi connectivity index (χ2n) is 6.09. The molecule has 0 saturated heterocycles. The molecule has 1 aliphatic heterocycles. The molecule has 0 radical (unpaired) electrons. The summed E-state index contributed by atoms with van der Waals surface area (Å²) in [6, 6.07) is 28.2. The minimum absolute atomic E-state index is 1.28. The van der Waals surface area contributed by atoms with Gasteiger partial charge in [0.05, 0.1) is 16.7 Å². The molecule has 0 saturated carbocycles. The number of hydrogen-bond donors (Lipinski definition) is 0. The Bertz CT molecular complexity index is 1090. The van der Waals surface area contributed by atoms with Crippen LogP contribution in [0.1, 0.15) is 11.1 Å². The predicted molar refractivity (Wildman–Crippen MR) is 94.4 cm³/mol. The van der Waals surface area contributed by atoms with Crippen LogP contribution in [0.2, 0.25) is 0 Å². The van der Waals surface area contributed by atoms with E-state index in [1.54, 1.807) is 0 Å². The Morgan fingerprint density at radius 1 is 0.609 bits per heavy atom. The molecule has 0 spiro atoms. The third kappa shape index (κ3) is 1.59. The summed E-state index contributed by atoms with van der Waals surface area (Å²) in [7, 11) is 2.18. The van der Waals surface area contributed by atoms with Crippen molar-refractivity contribution in [3.63, 3.8) is 0 Å². The van der Waals surface area contributed by atoms with Gasteiger partial charge in [0.1, 0.15) is 7.05 Å². The largest absolute Gasteiger partial charge is 0.222 e. The maximum atomic E-state index is 2.34. The van der Waals surface area contributed by atoms with Crippen LogP contribution in [0.25, 0.3) is 11.1 Å². The molecule has 108 valence electrons. The van der Waals surface area contributed by atoms with E-state index in [1.165, 1.54) is 44.1 Å². The number of benzene rings is 3. The first-order valence-corrected chi connectivity index (χ1v) is 7.96. The van der Waals surface area contributed by atoms with E-state index < -0.39 is 0 Å². The Labute approximate surface area is 135 Å². The molecule has 0 amide bonds. The van der Waals surface area contributed by atoms with Gasteiger partial charge in [0.25, 0.3) is 0 Å². The highest BCUT2D eigenvalue weighted by Crippen LogP contribution is 2.37. The molecule has 0 atom stereocenters. The lowest BCUT2D eigenvalue weighted by molar-refractivity contribution is -0.399. The van der Waals surface area contributed by atoms with Crippen molar-refractivity contribution in [1.82, 2.24) is 0 Å². The molecule has 0 N–H and O–H groups in total. The molecule has 3 aromatic rings. The van der Waals surface area contributed by atoms with Gasteiger partial charge in [0, 0.05) is 6.07 Å². The zero-order valence-electron chi connectivity index (χ0n) is 13.0. The van der Waals surface area contributed by atoms with Crippen molar-refractivity contribution in [3.05, 3.63) is 100 Å². The number of nitrogens with zero attached hydrogens (tertiary/aromatic N) is 1.